The number of ether oxygens (including phenoxy) is 2. The molecule has 11 heteroatoms. The highest BCUT2D eigenvalue weighted by Crippen LogP contribution is 2.65. The quantitative estimate of drug-likeness (QED) is 0.148. The molecule has 3 N–H and O–H groups in total. The van der Waals surface area contributed by atoms with Gasteiger partial charge in [0.25, 0.3) is 5.92 Å². The molecule has 3 amide bonds. The number of nitrogens with one attached hydrogen (secondary N) is 3. The van der Waals surface area contributed by atoms with Gasteiger partial charge in [-0.15, -0.1) is 0 Å². The maximum Gasteiger partial charge on any atom is 0.315 e. The van der Waals surface area contributed by atoms with E-state index >= 15 is 0 Å². The van der Waals surface area contributed by atoms with Gasteiger partial charge in [0.1, 0.15) is 5.78 Å². The summed E-state index contributed by atoms with van der Waals surface area (Å²) in [6.07, 6.45) is 6.76. The highest BCUT2D eigenvalue weighted by molar-refractivity contribution is 8.00. The summed E-state index contributed by atoms with van der Waals surface area (Å²) in [4.78, 5) is 35.5. The lowest BCUT2D eigenvalue weighted by atomic mass is 9.93. The fourth-order valence-electron chi connectivity index (χ4n) is 5.68. The number of carbonyl (C=O) groups excluding carboxylic acids is 3. The van der Waals surface area contributed by atoms with Crippen LogP contribution in [0.25, 0.3) is 0 Å². The van der Waals surface area contributed by atoms with Gasteiger partial charge >= 0.3 is 6.03 Å². The first kappa shape index (κ1) is 28.3. The molecule has 0 bridgehead atoms. The number of ketones is 1. The van der Waals surface area contributed by atoms with E-state index in [1.807, 2.05) is 11.8 Å². The lowest BCUT2D eigenvalue weighted by molar-refractivity contribution is -0.121. The first-order valence-electron chi connectivity index (χ1n) is 13.5. The molecule has 1 spiro atoms. The monoisotopic (exact) mass is 543 g/mol. The number of hydrogen-bond donors (Lipinski definition) is 3. The maximum absolute atomic E-state index is 13.9. The molecule has 3 unspecified atom stereocenters. The van der Waals surface area contributed by atoms with E-state index in [2.05, 4.69) is 16.0 Å². The van der Waals surface area contributed by atoms with Gasteiger partial charge in [0.2, 0.25) is 5.91 Å². The highest BCUT2D eigenvalue weighted by Gasteiger charge is 2.64. The lowest BCUT2D eigenvalue weighted by Crippen LogP contribution is -2.37. The molecule has 4 rings (SSSR count). The zero-order valence-electron chi connectivity index (χ0n) is 21.3. The number of thioether (sulfide) groups is 1. The zero-order chi connectivity index (χ0) is 26.3. The molecule has 2 heterocycles. The average molecular weight is 544 g/mol. The maximum atomic E-state index is 13.9. The lowest BCUT2D eigenvalue weighted by Gasteiger charge is -2.20. The van der Waals surface area contributed by atoms with E-state index in [9.17, 15) is 23.2 Å². The Morgan fingerprint density at radius 1 is 1.05 bits per heavy atom. The molecule has 4 atom stereocenters. The second-order valence-corrected chi connectivity index (χ2v) is 11.7. The van der Waals surface area contributed by atoms with Crippen molar-refractivity contribution in [1.82, 2.24) is 16.0 Å². The summed E-state index contributed by atoms with van der Waals surface area (Å²) in [7, 11) is 0. The van der Waals surface area contributed by atoms with Crippen molar-refractivity contribution >= 4 is 29.5 Å². The molecular formula is C26H39F2N3O5S. The third-order valence-electron chi connectivity index (χ3n) is 7.81. The smallest absolute Gasteiger partial charge is 0.315 e. The predicted molar refractivity (Wildman–Crippen MR) is 137 cm³/mol. The van der Waals surface area contributed by atoms with E-state index in [1.165, 1.54) is 0 Å². The van der Waals surface area contributed by atoms with Gasteiger partial charge in [-0.3, -0.25) is 9.59 Å². The van der Waals surface area contributed by atoms with Gasteiger partial charge in [-0.25, -0.2) is 13.6 Å². The average Bonchev–Trinajstić information content (AvgIpc) is 3.07. The van der Waals surface area contributed by atoms with Crippen LogP contribution in [-0.2, 0) is 19.1 Å². The SMILES string of the molecule is O=C(CCCOCCOCCNC(=O)CCCC1=C[C@@]12CCCC2(F)F)CCC1SCC2NC(=O)NC21. The van der Waals surface area contributed by atoms with Crippen molar-refractivity contribution in [2.75, 3.05) is 38.7 Å². The Kier molecular flexibility index (Phi) is 9.85. The Labute approximate surface area is 221 Å². The number of amides is 3. The van der Waals surface area contributed by atoms with Crippen molar-refractivity contribution in [1.29, 1.82) is 0 Å². The van der Waals surface area contributed by atoms with E-state index < -0.39 is 11.3 Å². The van der Waals surface area contributed by atoms with E-state index in [0.29, 0.717) is 89.6 Å². The molecule has 8 nitrogen and oxygen atoms in total. The number of allylic oxidation sites excluding steroid dienone is 2. The Balaban J connectivity index is 0.903. The molecular weight excluding hydrogens is 504 g/mol. The van der Waals surface area contributed by atoms with Crippen LogP contribution in [-0.4, -0.2) is 79.7 Å². The molecule has 1 saturated carbocycles. The van der Waals surface area contributed by atoms with Gasteiger partial charge in [0.05, 0.1) is 37.3 Å². The fraction of sp³-hybridized carbons (Fsp3) is 0.808. The van der Waals surface area contributed by atoms with Crippen LogP contribution in [0.1, 0.15) is 64.2 Å². The van der Waals surface area contributed by atoms with E-state index in [0.717, 1.165) is 17.7 Å². The molecule has 0 aromatic heterocycles. The van der Waals surface area contributed by atoms with Crippen LogP contribution in [0.5, 0.6) is 0 Å². The van der Waals surface area contributed by atoms with Crippen LogP contribution in [0, 0.1) is 5.41 Å². The van der Waals surface area contributed by atoms with Crippen molar-refractivity contribution in [2.45, 2.75) is 87.5 Å². The number of hydrogen-bond acceptors (Lipinski definition) is 6. The molecule has 2 aliphatic carbocycles. The zero-order valence-corrected chi connectivity index (χ0v) is 22.1. The molecule has 208 valence electrons. The summed E-state index contributed by atoms with van der Waals surface area (Å²) in [6.45, 7) is 2.12. The number of fused-ring (bicyclic) bond motifs is 1. The molecule has 0 aromatic carbocycles. The second kappa shape index (κ2) is 12.9. The topological polar surface area (TPSA) is 106 Å². The fourth-order valence-corrected chi connectivity index (χ4v) is 7.17. The molecule has 0 aromatic rings. The normalized spacial score (nSPS) is 29.1. The molecule has 4 aliphatic rings. The van der Waals surface area contributed by atoms with Crippen molar-refractivity contribution < 1.29 is 32.6 Å². The minimum Gasteiger partial charge on any atom is -0.379 e. The summed E-state index contributed by atoms with van der Waals surface area (Å²) in [5.74, 6) is -1.57. The van der Waals surface area contributed by atoms with Crippen molar-refractivity contribution in [3.8, 4) is 0 Å². The van der Waals surface area contributed by atoms with Crippen LogP contribution in [0.3, 0.4) is 0 Å². The molecule has 37 heavy (non-hydrogen) atoms. The first-order chi connectivity index (χ1) is 17.8. The first-order valence-corrected chi connectivity index (χ1v) is 14.6. The summed E-state index contributed by atoms with van der Waals surface area (Å²) in [6, 6.07) is 0.212. The van der Waals surface area contributed by atoms with E-state index in [1.54, 1.807) is 6.08 Å². The second-order valence-electron chi connectivity index (χ2n) is 10.4. The Morgan fingerprint density at radius 2 is 1.86 bits per heavy atom. The van der Waals surface area contributed by atoms with Crippen molar-refractivity contribution in [2.24, 2.45) is 5.41 Å². The molecule has 2 aliphatic heterocycles. The van der Waals surface area contributed by atoms with Crippen LogP contribution in [0.15, 0.2) is 11.6 Å². The standard InChI is InChI=1S/C26H39F2N3O5S/c27-26(28)10-3-9-25(26)16-18(25)4-1-6-22(33)29-11-13-36-15-14-35-12-2-5-19(32)7-8-21-23-20(17-37-21)30-24(34)31-23/h16,20-21,23H,1-15,17H2,(H,29,33)(H2,30,31,34)/t20?,21?,23?,25-/m0/s1. The minimum atomic E-state index is -2.60. The number of Topliss-reactive ketones (excluding diaryl/α,β-unsaturated/α-hetero) is 1. The summed E-state index contributed by atoms with van der Waals surface area (Å²) in [5.41, 5.74) is -0.128. The van der Waals surface area contributed by atoms with Gasteiger partial charge in [-0.1, -0.05) is 11.6 Å². The van der Waals surface area contributed by atoms with Gasteiger partial charge in [0.15, 0.2) is 0 Å². The number of alkyl halides is 2. The van der Waals surface area contributed by atoms with Gasteiger partial charge in [-0.05, 0) is 38.5 Å². The van der Waals surface area contributed by atoms with E-state index in [4.69, 9.17) is 9.47 Å². The number of carbonyl (C=O) groups is 3. The van der Waals surface area contributed by atoms with Crippen LogP contribution < -0.4 is 16.0 Å². The largest absolute Gasteiger partial charge is 0.379 e. The number of rotatable bonds is 17. The summed E-state index contributed by atoms with van der Waals surface area (Å²) >= 11 is 1.82. The van der Waals surface area contributed by atoms with Crippen LogP contribution in [0.2, 0.25) is 0 Å². The van der Waals surface area contributed by atoms with Crippen LogP contribution >= 0.6 is 11.8 Å². The summed E-state index contributed by atoms with van der Waals surface area (Å²) in [5, 5.41) is 8.94. The predicted octanol–water partition coefficient (Wildman–Crippen LogP) is 3.35. The third-order valence-corrected chi connectivity index (χ3v) is 9.31. The van der Waals surface area contributed by atoms with Crippen molar-refractivity contribution in [3.63, 3.8) is 0 Å². The Bertz CT molecular complexity index is 873. The molecule has 2 saturated heterocycles. The number of urea groups is 1. The Hall–Kier alpha value is -1.72. The van der Waals surface area contributed by atoms with E-state index in [-0.39, 0.29) is 36.2 Å². The third kappa shape index (κ3) is 7.44. The molecule has 3 fully saturated rings. The highest BCUT2D eigenvalue weighted by atomic mass is 32.2. The minimum absolute atomic E-state index is 0.0271. The van der Waals surface area contributed by atoms with Gasteiger partial charge in [0, 0.05) is 49.8 Å². The van der Waals surface area contributed by atoms with Gasteiger partial charge in [-0.2, -0.15) is 11.8 Å². The Morgan fingerprint density at radius 3 is 2.65 bits per heavy atom. The van der Waals surface area contributed by atoms with Gasteiger partial charge < -0.3 is 25.4 Å². The summed E-state index contributed by atoms with van der Waals surface area (Å²) < 4.78 is 38.9. The molecule has 0 radical (unpaired) electrons. The van der Waals surface area contributed by atoms with Crippen molar-refractivity contribution in [3.05, 3.63) is 11.6 Å². The number of halogens is 2. The van der Waals surface area contributed by atoms with Crippen LogP contribution in [0.4, 0.5) is 13.6 Å².